The number of Topliss-reactive ketones (excluding diaryl/α,β-unsaturated/α-hetero) is 2. The van der Waals surface area contributed by atoms with Crippen LogP contribution in [0.5, 0.6) is 11.5 Å². The highest BCUT2D eigenvalue weighted by Gasteiger charge is 2.70. The van der Waals surface area contributed by atoms with Gasteiger partial charge >= 0.3 is 0 Å². The Kier molecular flexibility index (Phi) is 5.19. The Bertz CT molecular complexity index is 1870. The molecule has 1 saturated heterocycles. The van der Waals surface area contributed by atoms with Gasteiger partial charge in [0.1, 0.15) is 17.3 Å². The molecule has 0 saturated carbocycles. The molecule has 4 atom stereocenters. The van der Waals surface area contributed by atoms with E-state index in [0.29, 0.717) is 28.4 Å². The van der Waals surface area contributed by atoms with Crippen LogP contribution in [0.15, 0.2) is 97.1 Å². The van der Waals surface area contributed by atoms with Crippen LogP contribution < -0.4 is 19.7 Å². The highest BCUT2D eigenvalue weighted by Crippen LogP contribution is 2.58. The minimum atomic E-state index is -1.49. The van der Waals surface area contributed by atoms with E-state index in [2.05, 4.69) is 5.32 Å². The fraction of sp³-hybridized carbons (Fsp3) is 0.147. The third kappa shape index (κ3) is 3.17. The van der Waals surface area contributed by atoms with Crippen LogP contribution in [-0.2, 0) is 10.2 Å². The second-order valence-corrected chi connectivity index (χ2v) is 10.8. The number of anilines is 2. The van der Waals surface area contributed by atoms with Crippen molar-refractivity contribution in [2.75, 3.05) is 17.0 Å². The number of para-hydroxylation sites is 2. The lowest BCUT2D eigenvalue weighted by atomic mass is 9.64. The monoisotopic (exact) mass is 558 g/mol. The summed E-state index contributed by atoms with van der Waals surface area (Å²) < 4.78 is 26.3. The predicted octanol–water partition coefficient (Wildman–Crippen LogP) is 5.41. The third-order valence-corrected chi connectivity index (χ3v) is 8.89. The van der Waals surface area contributed by atoms with Crippen LogP contribution in [0.2, 0.25) is 0 Å². The summed E-state index contributed by atoms with van der Waals surface area (Å²) in [4.78, 5) is 45.7. The zero-order valence-electron chi connectivity index (χ0n) is 22.1. The van der Waals surface area contributed by atoms with Crippen LogP contribution in [0.3, 0.4) is 0 Å². The summed E-state index contributed by atoms with van der Waals surface area (Å²) in [5, 5.41) is 2.99. The molecule has 7 nitrogen and oxygen atoms in total. The van der Waals surface area contributed by atoms with Gasteiger partial charge in [-0.1, -0.05) is 60.7 Å². The van der Waals surface area contributed by atoms with Gasteiger partial charge in [0.15, 0.2) is 23.1 Å². The number of fused-ring (bicyclic) bond motifs is 7. The van der Waals surface area contributed by atoms with Crippen LogP contribution in [0.25, 0.3) is 6.08 Å². The van der Waals surface area contributed by atoms with E-state index in [4.69, 9.17) is 9.47 Å². The average Bonchev–Trinajstić information content (AvgIpc) is 3.70. The first-order valence-electron chi connectivity index (χ1n) is 13.7. The quantitative estimate of drug-likeness (QED) is 0.337. The molecule has 206 valence electrons. The van der Waals surface area contributed by atoms with Gasteiger partial charge in [-0.05, 0) is 53.6 Å². The average molecular weight is 559 g/mol. The van der Waals surface area contributed by atoms with E-state index in [0.717, 1.165) is 5.56 Å². The third-order valence-electron chi connectivity index (χ3n) is 8.89. The van der Waals surface area contributed by atoms with Crippen molar-refractivity contribution in [2.45, 2.75) is 17.5 Å². The summed E-state index contributed by atoms with van der Waals surface area (Å²) in [5.74, 6) is -2.37. The molecule has 4 aromatic carbocycles. The van der Waals surface area contributed by atoms with Crippen LogP contribution in [0, 0.1) is 11.7 Å². The second kappa shape index (κ2) is 8.88. The van der Waals surface area contributed by atoms with E-state index in [9.17, 15) is 14.4 Å². The lowest BCUT2D eigenvalue weighted by Crippen LogP contribution is -2.51. The van der Waals surface area contributed by atoms with Gasteiger partial charge in [-0.15, -0.1) is 0 Å². The van der Waals surface area contributed by atoms with Gasteiger partial charge in [-0.3, -0.25) is 14.4 Å². The fourth-order valence-corrected chi connectivity index (χ4v) is 7.17. The summed E-state index contributed by atoms with van der Waals surface area (Å²) in [6.07, 6.45) is 3.81. The molecule has 4 aromatic rings. The van der Waals surface area contributed by atoms with Gasteiger partial charge in [-0.2, -0.15) is 0 Å². The highest BCUT2D eigenvalue weighted by molar-refractivity contribution is 6.18. The van der Waals surface area contributed by atoms with E-state index in [1.165, 1.54) is 18.2 Å². The summed E-state index contributed by atoms with van der Waals surface area (Å²) in [6.45, 7) is 0.0297. The molecule has 1 amide bonds. The van der Waals surface area contributed by atoms with Gasteiger partial charge in [0.05, 0.1) is 17.5 Å². The zero-order valence-corrected chi connectivity index (χ0v) is 22.1. The number of carbonyl (C=O) groups excluding carboxylic acids is 3. The zero-order chi connectivity index (χ0) is 28.6. The van der Waals surface area contributed by atoms with Gasteiger partial charge < -0.3 is 19.7 Å². The molecule has 8 heteroatoms. The molecule has 1 N–H and O–H groups in total. The van der Waals surface area contributed by atoms with Crippen molar-refractivity contribution in [1.29, 1.82) is 0 Å². The molecule has 1 spiro atoms. The Morgan fingerprint density at radius 1 is 0.881 bits per heavy atom. The van der Waals surface area contributed by atoms with E-state index in [1.807, 2.05) is 59.5 Å². The van der Waals surface area contributed by atoms with E-state index >= 15 is 4.39 Å². The van der Waals surface area contributed by atoms with Crippen molar-refractivity contribution in [3.05, 3.63) is 125 Å². The summed E-state index contributed by atoms with van der Waals surface area (Å²) in [7, 11) is 0. The van der Waals surface area contributed by atoms with Crippen molar-refractivity contribution in [3.63, 3.8) is 0 Å². The first-order valence-corrected chi connectivity index (χ1v) is 13.7. The Morgan fingerprint density at radius 3 is 2.52 bits per heavy atom. The molecule has 4 aliphatic heterocycles. The van der Waals surface area contributed by atoms with Crippen molar-refractivity contribution in [1.82, 2.24) is 0 Å². The summed E-state index contributed by atoms with van der Waals surface area (Å²) in [6, 6.07) is 23.5. The molecular formula is C34H23FN2O5. The maximum absolute atomic E-state index is 15.3. The predicted molar refractivity (Wildman–Crippen MR) is 153 cm³/mol. The van der Waals surface area contributed by atoms with Gasteiger partial charge in [0.25, 0.3) is 0 Å². The maximum Gasteiger partial charge on any atom is 0.238 e. The number of hydrogen-bond acceptors (Lipinski definition) is 6. The molecule has 0 bridgehead atoms. The van der Waals surface area contributed by atoms with Gasteiger partial charge in [0, 0.05) is 16.9 Å². The van der Waals surface area contributed by atoms with Crippen molar-refractivity contribution >= 4 is 34.9 Å². The summed E-state index contributed by atoms with van der Waals surface area (Å²) in [5.41, 5.74) is 1.37. The number of ketones is 2. The lowest BCUT2D eigenvalue weighted by Gasteiger charge is -2.37. The molecule has 1 fully saturated rings. The lowest BCUT2D eigenvalue weighted by molar-refractivity contribution is -0.121. The normalized spacial score (nSPS) is 24.3. The SMILES string of the molecule is O=C(c1ccccc1F)[C@@H]1[C@H](C(=O)c2ccc3c(c2)OCO3)[C@]2(C(=O)Nc3ccccc32)[C@H]2C=Cc3ccccc3N12. The summed E-state index contributed by atoms with van der Waals surface area (Å²) >= 11 is 0. The number of carbonyl (C=O) groups is 3. The molecular weight excluding hydrogens is 535 g/mol. The largest absolute Gasteiger partial charge is 0.454 e. The standard InChI is InChI=1S/C34H23FN2O5/c35-23-10-4-2-8-21(23)32(39)30-29(31(38)20-13-15-26-27(17-20)42-18-41-26)34(22-9-3-5-11-24(22)36-33(34)40)28-16-14-19-7-1-6-12-25(19)37(28)30/h1-17,28-30H,18H2,(H,36,40)/t28-,29-,30+,34-/m1/s1. The number of hydrogen-bond donors (Lipinski definition) is 1. The molecule has 0 aliphatic carbocycles. The fourth-order valence-electron chi connectivity index (χ4n) is 7.17. The molecule has 4 heterocycles. The van der Waals surface area contributed by atoms with Crippen molar-refractivity contribution in [2.24, 2.45) is 5.92 Å². The molecule has 0 unspecified atom stereocenters. The van der Waals surface area contributed by atoms with Crippen LogP contribution in [0.4, 0.5) is 15.8 Å². The molecule has 0 aromatic heterocycles. The number of amides is 1. The van der Waals surface area contributed by atoms with Crippen LogP contribution >= 0.6 is 0 Å². The topological polar surface area (TPSA) is 84.9 Å². The van der Waals surface area contributed by atoms with E-state index < -0.39 is 40.8 Å². The van der Waals surface area contributed by atoms with Crippen molar-refractivity contribution in [3.8, 4) is 11.5 Å². The van der Waals surface area contributed by atoms with Crippen molar-refractivity contribution < 1.29 is 28.2 Å². The number of ether oxygens (including phenoxy) is 2. The molecule has 8 rings (SSSR count). The second-order valence-electron chi connectivity index (χ2n) is 10.8. The number of nitrogens with zero attached hydrogens (tertiary/aromatic N) is 1. The first-order chi connectivity index (χ1) is 20.5. The Balaban J connectivity index is 1.42. The van der Waals surface area contributed by atoms with E-state index in [-0.39, 0.29) is 23.8 Å². The molecule has 4 aliphatic rings. The van der Waals surface area contributed by atoms with E-state index in [1.54, 1.807) is 30.3 Å². The number of halogens is 1. The highest BCUT2D eigenvalue weighted by atomic mass is 19.1. The first kappa shape index (κ1) is 24.5. The van der Waals surface area contributed by atoms with Crippen LogP contribution in [0.1, 0.15) is 31.8 Å². The van der Waals surface area contributed by atoms with Gasteiger partial charge in [-0.25, -0.2) is 4.39 Å². The number of benzene rings is 4. The van der Waals surface area contributed by atoms with Crippen LogP contribution in [-0.4, -0.2) is 36.4 Å². The smallest absolute Gasteiger partial charge is 0.238 e. The minimum absolute atomic E-state index is 0.0297. The molecule has 42 heavy (non-hydrogen) atoms. The Morgan fingerprint density at radius 2 is 1.64 bits per heavy atom. The minimum Gasteiger partial charge on any atom is -0.454 e. The molecule has 0 radical (unpaired) electrons. The number of rotatable bonds is 4. The number of nitrogens with one attached hydrogen (secondary N) is 1. The van der Waals surface area contributed by atoms with Gasteiger partial charge in [0.2, 0.25) is 12.7 Å². The Labute approximate surface area is 240 Å². The Hall–Kier alpha value is -5.24. The maximum atomic E-state index is 15.3.